The van der Waals surface area contributed by atoms with Crippen LogP contribution in [0.2, 0.25) is 0 Å². The number of carboxylic acids is 1. The molecule has 0 amide bonds. The Bertz CT molecular complexity index is 306. The second-order valence-electron chi connectivity index (χ2n) is 5.55. The quantitative estimate of drug-likeness (QED) is 0.487. The predicted molar refractivity (Wildman–Crippen MR) is 87.5 cm³/mol. The number of aliphatic carboxylic acids is 1. The Hall–Kier alpha value is -0.990. The highest BCUT2D eigenvalue weighted by atomic mass is 16.6. The zero-order valence-corrected chi connectivity index (χ0v) is 14.8. The van der Waals surface area contributed by atoms with Crippen LogP contribution in [0.4, 0.5) is 0 Å². The maximum Gasteiger partial charge on any atom is 0.330 e. The molecule has 0 fully saturated rings. The number of rotatable bonds is 11. The lowest BCUT2D eigenvalue weighted by molar-refractivity contribution is -0.132. The Morgan fingerprint density at radius 1 is 0.957 bits per heavy atom. The summed E-state index contributed by atoms with van der Waals surface area (Å²) in [4.78, 5) is 9.60. The highest BCUT2D eigenvalue weighted by Crippen LogP contribution is 2.00. The molecule has 0 bridgehead atoms. The molecular formula is C16H32O7. The number of aliphatic hydroxyl groups is 2. The second kappa shape index (κ2) is 14.6. The van der Waals surface area contributed by atoms with Gasteiger partial charge in [-0.2, -0.15) is 0 Å². The van der Waals surface area contributed by atoms with E-state index in [4.69, 9.17) is 29.5 Å². The van der Waals surface area contributed by atoms with Gasteiger partial charge in [0, 0.05) is 5.57 Å². The van der Waals surface area contributed by atoms with E-state index in [1.807, 2.05) is 13.8 Å². The number of hydrogen-bond acceptors (Lipinski definition) is 6. The Labute approximate surface area is 138 Å². The fraction of sp³-hybridized carbons (Fsp3) is 0.812. The first-order chi connectivity index (χ1) is 10.6. The molecule has 4 atom stereocenters. The number of carbonyl (C=O) groups is 1. The van der Waals surface area contributed by atoms with Gasteiger partial charge in [0.05, 0.1) is 50.8 Å². The van der Waals surface area contributed by atoms with Crippen LogP contribution < -0.4 is 0 Å². The van der Waals surface area contributed by atoms with E-state index in [9.17, 15) is 4.79 Å². The minimum atomic E-state index is -0.935. The first-order valence-electron chi connectivity index (χ1n) is 7.62. The molecule has 0 spiro atoms. The zero-order chi connectivity index (χ0) is 18.4. The molecule has 0 aliphatic carbocycles. The number of hydrogen-bond donors (Lipinski definition) is 3. The van der Waals surface area contributed by atoms with Crippen LogP contribution >= 0.6 is 0 Å². The Balaban J connectivity index is 0. The van der Waals surface area contributed by atoms with Crippen molar-refractivity contribution in [2.45, 2.75) is 59.0 Å². The summed E-state index contributed by atoms with van der Waals surface area (Å²) < 4.78 is 16.2. The average molecular weight is 336 g/mol. The van der Waals surface area contributed by atoms with E-state index in [2.05, 4.69) is 6.58 Å². The molecule has 138 valence electrons. The average Bonchev–Trinajstić information content (AvgIpc) is 2.48. The van der Waals surface area contributed by atoms with E-state index in [1.54, 1.807) is 13.8 Å². The van der Waals surface area contributed by atoms with Crippen LogP contribution in [0.3, 0.4) is 0 Å². The highest BCUT2D eigenvalue weighted by molar-refractivity contribution is 5.84. The van der Waals surface area contributed by atoms with Gasteiger partial charge in [0.2, 0.25) is 0 Å². The fourth-order valence-corrected chi connectivity index (χ4v) is 1.05. The van der Waals surface area contributed by atoms with Gasteiger partial charge in [0.25, 0.3) is 0 Å². The molecule has 0 aliphatic heterocycles. The van der Waals surface area contributed by atoms with Crippen LogP contribution in [-0.4, -0.2) is 72.1 Å². The van der Waals surface area contributed by atoms with Crippen molar-refractivity contribution in [1.29, 1.82) is 0 Å². The number of carboxylic acid groups (broad SMARTS) is 1. The first-order valence-corrected chi connectivity index (χ1v) is 7.62. The van der Waals surface area contributed by atoms with Crippen LogP contribution in [0.5, 0.6) is 0 Å². The van der Waals surface area contributed by atoms with Gasteiger partial charge in [-0.15, -0.1) is 0 Å². The molecule has 0 aromatic heterocycles. The van der Waals surface area contributed by atoms with Crippen molar-refractivity contribution in [3.05, 3.63) is 12.2 Å². The Morgan fingerprint density at radius 2 is 1.30 bits per heavy atom. The maximum atomic E-state index is 9.60. The summed E-state index contributed by atoms with van der Waals surface area (Å²) >= 11 is 0. The monoisotopic (exact) mass is 336 g/mol. The van der Waals surface area contributed by atoms with Gasteiger partial charge in [-0.05, 0) is 34.6 Å². The van der Waals surface area contributed by atoms with Crippen LogP contribution in [0.25, 0.3) is 0 Å². The molecule has 0 radical (unpaired) electrons. The van der Waals surface area contributed by atoms with Gasteiger partial charge in [-0.1, -0.05) is 6.58 Å². The van der Waals surface area contributed by atoms with Gasteiger partial charge in [0.1, 0.15) is 0 Å². The topological polar surface area (TPSA) is 105 Å². The van der Waals surface area contributed by atoms with Crippen molar-refractivity contribution in [2.24, 2.45) is 0 Å². The first kappa shape index (κ1) is 24.3. The van der Waals surface area contributed by atoms with E-state index in [0.717, 1.165) is 0 Å². The summed E-state index contributed by atoms with van der Waals surface area (Å²) in [6.07, 6.45) is -0.711. The van der Waals surface area contributed by atoms with Crippen LogP contribution in [0.15, 0.2) is 12.2 Å². The lowest BCUT2D eigenvalue weighted by Gasteiger charge is -2.19. The minimum Gasteiger partial charge on any atom is -0.478 e. The standard InChI is InChI=1S/C12H26O5.C4H6O2/c1-9(14)6-15-11(3)8-17-12(4)7-16-10(2)5-13;1-3(2)4(5)6/h9-14H,5-8H2,1-4H3;1H2,2H3,(H,5,6). The highest BCUT2D eigenvalue weighted by Gasteiger charge is 2.09. The van der Waals surface area contributed by atoms with Crippen LogP contribution in [0.1, 0.15) is 34.6 Å². The van der Waals surface area contributed by atoms with E-state index in [0.29, 0.717) is 19.8 Å². The summed E-state index contributed by atoms with van der Waals surface area (Å²) in [5.74, 6) is -0.935. The Kier molecular flexibility index (Phi) is 15.4. The molecule has 0 rings (SSSR count). The van der Waals surface area contributed by atoms with E-state index in [-0.39, 0.29) is 30.5 Å². The molecule has 0 aromatic rings. The molecule has 0 heterocycles. The minimum absolute atomic E-state index is 0.0145. The van der Waals surface area contributed by atoms with Crippen LogP contribution in [-0.2, 0) is 19.0 Å². The SMILES string of the molecule is C=C(C)C(=O)O.CC(O)COC(C)COC(C)COC(C)CO. The zero-order valence-electron chi connectivity index (χ0n) is 14.8. The molecule has 0 aliphatic rings. The maximum absolute atomic E-state index is 9.60. The van der Waals surface area contributed by atoms with Gasteiger partial charge in [-0.25, -0.2) is 4.79 Å². The third-order valence-corrected chi connectivity index (χ3v) is 2.48. The summed E-state index contributed by atoms with van der Waals surface area (Å²) in [6, 6.07) is 0. The molecular weight excluding hydrogens is 304 g/mol. The molecule has 4 unspecified atom stereocenters. The fourth-order valence-electron chi connectivity index (χ4n) is 1.05. The van der Waals surface area contributed by atoms with Gasteiger partial charge < -0.3 is 29.5 Å². The van der Waals surface area contributed by atoms with Crippen molar-refractivity contribution in [3.63, 3.8) is 0 Å². The van der Waals surface area contributed by atoms with E-state index in [1.165, 1.54) is 6.92 Å². The lowest BCUT2D eigenvalue weighted by Crippen LogP contribution is -2.27. The van der Waals surface area contributed by atoms with Crippen molar-refractivity contribution in [2.75, 3.05) is 26.4 Å². The van der Waals surface area contributed by atoms with Gasteiger partial charge >= 0.3 is 5.97 Å². The van der Waals surface area contributed by atoms with Gasteiger partial charge in [0.15, 0.2) is 0 Å². The predicted octanol–water partition coefficient (Wildman–Crippen LogP) is 1.22. The van der Waals surface area contributed by atoms with Gasteiger partial charge in [-0.3, -0.25) is 0 Å². The smallest absolute Gasteiger partial charge is 0.330 e. The third kappa shape index (κ3) is 19.0. The second-order valence-corrected chi connectivity index (χ2v) is 5.55. The molecule has 0 saturated heterocycles. The number of aliphatic hydroxyl groups excluding tert-OH is 2. The summed E-state index contributed by atoms with van der Waals surface area (Å²) in [6.45, 7) is 13.1. The molecule has 7 nitrogen and oxygen atoms in total. The summed E-state index contributed by atoms with van der Waals surface area (Å²) in [7, 11) is 0. The Morgan fingerprint density at radius 3 is 1.61 bits per heavy atom. The molecule has 0 saturated carbocycles. The largest absolute Gasteiger partial charge is 0.478 e. The number of ether oxygens (including phenoxy) is 3. The van der Waals surface area contributed by atoms with E-state index >= 15 is 0 Å². The summed E-state index contributed by atoms with van der Waals surface area (Å²) in [5.41, 5.74) is 0.176. The molecule has 0 aromatic carbocycles. The molecule has 7 heteroatoms. The summed E-state index contributed by atoms with van der Waals surface area (Å²) in [5, 5.41) is 25.7. The van der Waals surface area contributed by atoms with Crippen molar-refractivity contribution >= 4 is 5.97 Å². The lowest BCUT2D eigenvalue weighted by atomic mass is 10.3. The molecule has 3 N–H and O–H groups in total. The molecule has 23 heavy (non-hydrogen) atoms. The van der Waals surface area contributed by atoms with Crippen LogP contribution in [0, 0.1) is 0 Å². The third-order valence-electron chi connectivity index (χ3n) is 2.48. The van der Waals surface area contributed by atoms with Crippen molar-refractivity contribution in [3.8, 4) is 0 Å². The van der Waals surface area contributed by atoms with Crippen molar-refractivity contribution in [1.82, 2.24) is 0 Å². The normalized spacial score (nSPS) is 15.8. The van der Waals surface area contributed by atoms with E-state index < -0.39 is 12.1 Å². The van der Waals surface area contributed by atoms with Crippen molar-refractivity contribution < 1.29 is 34.3 Å².